The molecule has 3 saturated carbocycles. The molecule has 4 aliphatic rings. The van der Waals surface area contributed by atoms with Gasteiger partial charge < -0.3 is 9.47 Å². The zero-order valence-electron chi connectivity index (χ0n) is 16.2. The predicted molar refractivity (Wildman–Crippen MR) is 93.5 cm³/mol. The number of hydrogen-bond acceptors (Lipinski definition) is 4. The normalized spacial score (nSPS) is 43.1. The van der Waals surface area contributed by atoms with Crippen LogP contribution < -0.4 is 0 Å². The number of esters is 2. The minimum Gasteiger partial charge on any atom is -0.457 e. The first-order valence-corrected chi connectivity index (χ1v) is 9.63. The van der Waals surface area contributed by atoms with Crippen LogP contribution in [-0.2, 0) is 19.1 Å². The van der Waals surface area contributed by atoms with Crippen molar-refractivity contribution in [2.45, 2.75) is 60.0 Å². The molecule has 0 bridgehead atoms. The summed E-state index contributed by atoms with van der Waals surface area (Å²) in [5.74, 6) is 2.24. The van der Waals surface area contributed by atoms with Gasteiger partial charge in [0, 0.05) is 5.92 Å². The monoisotopic (exact) mass is 346 g/mol. The van der Waals surface area contributed by atoms with Crippen LogP contribution in [0.2, 0.25) is 0 Å². The molecule has 6 unspecified atom stereocenters. The number of carbonyl (C=O) groups is 2. The van der Waals surface area contributed by atoms with Crippen LogP contribution in [0.3, 0.4) is 0 Å². The summed E-state index contributed by atoms with van der Waals surface area (Å²) < 4.78 is 11.0. The summed E-state index contributed by atoms with van der Waals surface area (Å²) >= 11 is 0. The van der Waals surface area contributed by atoms with Crippen LogP contribution in [0.4, 0.5) is 0 Å². The quantitative estimate of drug-likeness (QED) is 0.543. The zero-order valence-corrected chi connectivity index (χ0v) is 16.2. The van der Waals surface area contributed by atoms with E-state index in [1.54, 1.807) is 0 Å². The minimum absolute atomic E-state index is 0.144. The Balaban J connectivity index is 1.29. The van der Waals surface area contributed by atoms with Gasteiger partial charge in [-0.3, -0.25) is 4.79 Å². The van der Waals surface area contributed by atoms with Gasteiger partial charge in [-0.05, 0) is 62.7 Å². The largest absolute Gasteiger partial charge is 0.457 e. The molecule has 4 heteroatoms. The SMILES string of the molecule is CC1=CC1(C(=O)OCC(=O)OC(C)(C)C1CC2C3C1CC23C)C(C)C. The Kier molecular flexibility index (Phi) is 3.35. The Hall–Kier alpha value is -1.32. The highest BCUT2D eigenvalue weighted by Crippen LogP contribution is 2.83. The van der Waals surface area contributed by atoms with Crippen molar-refractivity contribution in [1.82, 2.24) is 0 Å². The van der Waals surface area contributed by atoms with Gasteiger partial charge in [-0.15, -0.1) is 0 Å². The van der Waals surface area contributed by atoms with E-state index in [2.05, 4.69) is 6.92 Å². The highest BCUT2D eigenvalue weighted by atomic mass is 16.6. The fraction of sp³-hybridized carbons (Fsp3) is 0.810. The van der Waals surface area contributed by atoms with Gasteiger partial charge in [-0.25, -0.2) is 4.79 Å². The van der Waals surface area contributed by atoms with Crippen LogP contribution in [0.5, 0.6) is 0 Å². The van der Waals surface area contributed by atoms with Crippen LogP contribution in [0.1, 0.15) is 54.4 Å². The van der Waals surface area contributed by atoms with Crippen LogP contribution in [0.15, 0.2) is 11.6 Å². The molecule has 4 rings (SSSR count). The lowest BCUT2D eigenvalue weighted by atomic mass is 9.63. The first kappa shape index (κ1) is 17.1. The van der Waals surface area contributed by atoms with Crippen LogP contribution >= 0.6 is 0 Å². The first-order chi connectivity index (χ1) is 11.5. The fourth-order valence-corrected chi connectivity index (χ4v) is 6.33. The van der Waals surface area contributed by atoms with Gasteiger partial charge in [-0.1, -0.05) is 32.4 Å². The van der Waals surface area contributed by atoms with Crippen molar-refractivity contribution in [3.63, 3.8) is 0 Å². The topological polar surface area (TPSA) is 52.6 Å². The van der Waals surface area contributed by atoms with E-state index < -0.39 is 17.0 Å². The molecule has 0 aromatic heterocycles. The van der Waals surface area contributed by atoms with Gasteiger partial charge in [-0.2, -0.15) is 0 Å². The Bertz CT molecular complexity index is 669. The van der Waals surface area contributed by atoms with E-state index in [4.69, 9.17) is 9.47 Å². The molecule has 0 saturated heterocycles. The molecule has 25 heavy (non-hydrogen) atoms. The molecule has 0 aromatic rings. The first-order valence-electron chi connectivity index (χ1n) is 9.63. The van der Waals surface area contributed by atoms with Crippen LogP contribution in [-0.4, -0.2) is 24.1 Å². The summed E-state index contributed by atoms with van der Waals surface area (Å²) in [5.41, 5.74) is 0.557. The molecular formula is C21H30O4. The van der Waals surface area contributed by atoms with Gasteiger partial charge in [0.25, 0.3) is 0 Å². The standard InChI is InChI=1S/C21H30O4/c1-11(2)21(8-12(21)3)18(23)24-10-16(22)25-19(4,5)14-7-15-17-13(14)9-20(15,17)6/h8,11,13-15,17H,7,9-10H2,1-6H3. The van der Waals surface area contributed by atoms with Crippen molar-refractivity contribution in [2.24, 2.45) is 40.4 Å². The fourth-order valence-electron chi connectivity index (χ4n) is 6.33. The minimum atomic E-state index is -0.598. The molecule has 0 heterocycles. The molecule has 0 radical (unpaired) electrons. The van der Waals surface area contributed by atoms with E-state index in [1.807, 2.05) is 40.7 Å². The number of carbonyl (C=O) groups excluding carboxylic acids is 2. The molecular weight excluding hydrogens is 316 g/mol. The maximum Gasteiger partial charge on any atom is 0.344 e. The van der Waals surface area contributed by atoms with E-state index in [9.17, 15) is 9.59 Å². The Morgan fingerprint density at radius 2 is 2.00 bits per heavy atom. The molecule has 0 aliphatic heterocycles. The molecule has 3 fully saturated rings. The average molecular weight is 346 g/mol. The van der Waals surface area contributed by atoms with Gasteiger partial charge in [0.2, 0.25) is 0 Å². The smallest absolute Gasteiger partial charge is 0.344 e. The van der Waals surface area contributed by atoms with E-state index in [0.29, 0.717) is 17.3 Å². The van der Waals surface area contributed by atoms with Crippen LogP contribution in [0, 0.1) is 40.4 Å². The average Bonchev–Trinajstić information content (AvgIpc) is 3.23. The van der Waals surface area contributed by atoms with Crippen molar-refractivity contribution in [2.75, 3.05) is 6.61 Å². The third kappa shape index (κ3) is 2.18. The molecule has 4 nitrogen and oxygen atoms in total. The van der Waals surface area contributed by atoms with Gasteiger partial charge in [0.15, 0.2) is 6.61 Å². The lowest BCUT2D eigenvalue weighted by Crippen LogP contribution is -2.46. The second kappa shape index (κ2) is 4.89. The summed E-state index contributed by atoms with van der Waals surface area (Å²) in [6, 6.07) is 0. The summed E-state index contributed by atoms with van der Waals surface area (Å²) in [5, 5.41) is 0. The molecule has 138 valence electrons. The van der Waals surface area contributed by atoms with Crippen LogP contribution in [0.25, 0.3) is 0 Å². The van der Waals surface area contributed by atoms with Crippen molar-refractivity contribution in [1.29, 1.82) is 0 Å². The Morgan fingerprint density at radius 3 is 2.44 bits per heavy atom. The lowest BCUT2D eigenvalue weighted by molar-refractivity contribution is -0.177. The lowest BCUT2D eigenvalue weighted by Gasteiger charge is -2.45. The maximum absolute atomic E-state index is 12.4. The van der Waals surface area contributed by atoms with Gasteiger partial charge in [0.1, 0.15) is 11.0 Å². The molecule has 4 aliphatic carbocycles. The highest BCUT2D eigenvalue weighted by Gasteiger charge is 2.79. The number of rotatable bonds is 6. The number of fused-ring (bicyclic) bond motifs is 1. The molecule has 0 N–H and O–H groups in total. The van der Waals surface area contributed by atoms with E-state index in [0.717, 1.165) is 17.4 Å². The third-order valence-electron chi connectivity index (χ3n) is 7.95. The molecule has 6 atom stereocenters. The van der Waals surface area contributed by atoms with E-state index >= 15 is 0 Å². The van der Waals surface area contributed by atoms with E-state index in [1.165, 1.54) is 12.8 Å². The molecule has 0 spiro atoms. The summed E-state index contributed by atoms with van der Waals surface area (Å²) in [4.78, 5) is 24.6. The van der Waals surface area contributed by atoms with Crippen molar-refractivity contribution < 1.29 is 19.1 Å². The summed E-state index contributed by atoms with van der Waals surface area (Å²) in [7, 11) is 0. The highest BCUT2D eigenvalue weighted by molar-refractivity contribution is 5.90. The molecule has 0 amide bonds. The number of hydrogen-bond donors (Lipinski definition) is 0. The third-order valence-corrected chi connectivity index (χ3v) is 7.95. The Morgan fingerprint density at radius 1 is 1.36 bits per heavy atom. The second-order valence-electron chi connectivity index (χ2n) is 9.85. The van der Waals surface area contributed by atoms with Crippen molar-refractivity contribution in [3.8, 4) is 0 Å². The maximum atomic E-state index is 12.4. The predicted octanol–water partition coefficient (Wildman–Crippen LogP) is 3.75. The zero-order chi connectivity index (χ0) is 18.4. The van der Waals surface area contributed by atoms with Gasteiger partial charge in [0.05, 0.1) is 0 Å². The van der Waals surface area contributed by atoms with Crippen molar-refractivity contribution in [3.05, 3.63) is 11.6 Å². The van der Waals surface area contributed by atoms with E-state index in [-0.39, 0.29) is 18.5 Å². The summed E-state index contributed by atoms with van der Waals surface area (Å²) in [6.07, 6.45) is 4.38. The van der Waals surface area contributed by atoms with Crippen molar-refractivity contribution >= 4 is 11.9 Å². The summed E-state index contributed by atoms with van der Waals surface area (Å²) in [6.45, 7) is 12.0. The molecule has 0 aromatic carbocycles. The Labute approximate surface area is 150 Å². The van der Waals surface area contributed by atoms with Gasteiger partial charge >= 0.3 is 11.9 Å². The number of ether oxygens (including phenoxy) is 2. The second-order valence-corrected chi connectivity index (χ2v) is 9.85.